The van der Waals surface area contributed by atoms with Crippen molar-refractivity contribution in [1.29, 1.82) is 0 Å². The fraction of sp³-hybridized carbons (Fsp3) is 0.522. The molecular weight excluding hydrogens is 410 g/mol. The molecule has 1 aromatic heterocycles. The minimum Gasteiger partial charge on any atom is -0.339 e. The predicted octanol–water partition coefficient (Wildman–Crippen LogP) is 1.79. The fourth-order valence-corrected chi connectivity index (χ4v) is 4.94. The molecule has 0 saturated carbocycles. The van der Waals surface area contributed by atoms with Crippen molar-refractivity contribution in [2.45, 2.75) is 19.9 Å². The summed E-state index contributed by atoms with van der Waals surface area (Å²) in [6.45, 7) is 9.41. The van der Waals surface area contributed by atoms with Crippen molar-refractivity contribution >= 4 is 23.2 Å². The van der Waals surface area contributed by atoms with Crippen LogP contribution in [0.5, 0.6) is 0 Å². The highest BCUT2D eigenvalue weighted by molar-refractivity contribution is 7.13. The zero-order valence-electron chi connectivity index (χ0n) is 18.4. The Morgan fingerprint density at radius 2 is 1.71 bits per heavy atom. The number of rotatable bonds is 5. The summed E-state index contributed by atoms with van der Waals surface area (Å²) in [4.78, 5) is 37.4. The number of carbonyl (C=O) groups is 2. The van der Waals surface area contributed by atoms with Crippen LogP contribution in [0.25, 0.3) is 10.6 Å². The van der Waals surface area contributed by atoms with Gasteiger partial charge < -0.3 is 14.7 Å². The average molecular weight is 442 g/mol. The molecule has 31 heavy (non-hydrogen) atoms. The highest BCUT2D eigenvalue weighted by Crippen LogP contribution is 2.25. The van der Waals surface area contributed by atoms with Gasteiger partial charge in [0.1, 0.15) is 5.01 Å². The number of thiazole rings is 1. The van der Waals surface area contributed by atoms with Crippen molar-refractivity contribution < 1.29 is 9.59 Å². The summed E-state index contributed by atoms with van der Waals surface area (Å²) < 4.78 is 0. The molecule has 7 nitrogen and oxygen atoms in total. The van der Waals surface area contributed by atoms with E-state index >= 15 is 0 Å². The van der Waals surface area contributed by atoms with Gasteiger partial charge in [-0.05, 0) is 18.7 Å². The number of amides is 2. The summed E-state index contributed by atoms with van der Waals surface area (Å²) in [6, 6.07) is 8.60. The van der Waals surface area contributed by atoms with Crippen molar-refractivity contribution in [3.63, 3.8) is 0 Å². The van der Waals surface area contributed by atoms with E-state index in [0.29, 0.717) is 32.6 Å². The lowest BCUT2D eigenvalue weighted by molar-refractivity contribution is -0.138. The second-order valence-corrected chi connectivity index (χ2v) is 9.35. The van der Waals surface area contributed by atoms with E-state index in [2.05, 4.69) is 41.1 Å². The molecule has 0 aliphatic carbocycles. The standard InChI is InChI=1S/C23H31N5O2S/c1-18(29)27-10-12-28(13-11-27)22(30)15-21-17-31-23(24-21)20-5-3-4-19(14-20)16-26-8-6-25(2)7-9-26/h3-5,14,17H,6-13,15-16H2,1-2H3. The van der Waals surface area contributed by atoms with E-state index in [1.54, 1.807) is 23.2 Å². The van der Waals surface area contributed by atoms with Crippen LogP contribution in [0.4, 0.5) is 0 Å². The molecule has 1 aromatic carbocycles. The zero-order valence-corrected chi connectivity index (χ0v) is 19.2. The molecule has 3 heterocycles. The van der Waals surface area contributed by atoms with E-state index in [1.165, 1.54) is 5.56 Å². The van der Waals surface area contributed by atoms with Gasteiger partial charge in [0.2, 0.25) is 11.8 Å². The van der Waals surface area contributed by atoms with Crippen LogP contribution in [0.3, 0.4) is 0 Å². The van der Waals surface area contributed by atoms with Crippen LogP contribution in [0.1, 0.15) is 18.2 Å². The summed E-state index contributed by atoms with van der Waals surface area (Å²) in [7, 11) is 2.18. The minimum atomic E-state index is 0.0751. The molecular formula is C23H31N5O2S. The normalized spacial score (nSPS) is 18.4. The average Bonchev–Trinajstić information content (AvgIpc) is 3.24. The maximum atomic E-state index is 12.7. The van der Waals surface area contributed by atoms with Gasteiger partial charge in [-0.15, -0.1) is 11.3 Å². The molecule has 0 spiro atoms. The third kappa shape index (κ3) is 5.70. The number of nitrogens with zero attached hydrogens (tertiary/aromatic N) is 5. The monoisotopic (exact) mass is 441 g/mol. The summed E-state index contributed by atoms with van der Waals surface area (Å²) in [6.07, 6.45) is 0.317. The van der Waals surface area contributed by atoms with E-state index in [-0.39, 0.29) is 11.8 Å². The van der Waals surface area contributed by atoms with Crippen LogP contribution in [-0.2, 0) is 22.6 Å². The molecule has 8 heteroatoms. The van der Waals surface area contributed by atoms with Crippen molar-refractivity contribution in [2.75, 3.05) is 59.4 Å². The lowest BCUT2D eigenvalue weighted by Gasteiger charge is -2.34. The van der Waals surface area contributed by atoms with E-state index in [0.717, 1.165) is 49.0 Å². The molecule has 4 rings (SSSR count). The smallest absolute Gasteiger partial charge is 0.228 e. The van der Waals surface area contributed by atoms with Crippen LogP contribution in [0.15, 0.2) is 29.6 Å². The van der Waals surface area contributed by atoms with Crippen molar-refractivity contribution in [3.05, 3.63) is 40.9 Å². The van der Waals surface area contributed by atoms with Gasteiger partial charge in [0.15, 0.2) is 0 Å². The van der Waals surface area contributed by atoms with E-state index in [1.807, 2.05) is 10.3 Å². The summed E-state index contributed by atoms with van der Waals surface area (Å²) in [5, 5.41) is 2.95. The minimum absolute atomic E-state index is 0.0751. The maximum absolute atomic E-state index is 12.7. The zero-order chi connectivity index (χ0) is 21.8. The third-order valence-corrected chi connectivity index (χ3v) is 7.08. The number of aromatic nitrogens is 1. The van der Waals surface area contributed by atoms with Gasteiger partial charge >= 0.3 is 0 Å². The topological polar surface area (TPSA) is 60.0 Å². The second kappa shape index (κ2) is 9.89. The van der Waals surface area contributed by atoms with Crippen LogP contribution < -0.4 is 0 Å². The maximum Gasteiger partial charge on any atom is 0.228 e. The van der Waals surface area contributed by atoms with Crippen molar-refractivity contribution in [2.24, 2.45) is 0 Å². The molecule has 2 aromatic rings. The van der Waals surface area contributed by atoms with Crippen LogP contribution in [-0.4, -0.2) is 95.8 Å². The molecule has 2 amide bonds. The molecule has 166 valence electrons. The highest BCUT2D eigenvalue weighted by Gasteiger charge is 2.23. The molecule has 2 saturated heterocycles. The highest BCUT2D eigenvalue weighted by atomic mass is 32.1. The Morgan fingerprint density at radius 1 is 1.00 bits per heavy atom. The number of piperazine rings is 2. The van der Waals surface area contributed by atoms with Gasteiger partial charge in [-0.25, -0.2) is 4.98 Å². The first-order valence-electron chi connectivity index (χ1n) is 11.0. The number of likely N-dealkylation sites (N-methyl/N-ethyl adjacent to an activating group) is 1. The first kappa shape index (κ1) is 21.9. The molecule has 2 aliphatic heterocycles. The van der Waals surface area contributed by atoms with Gasteiger partial charge in [-0.2, -0.15) is 0 Å². The molecule has 2 fully saturated rings. The van der Waals surface area contributed by atoms with E-state index in [4.69, 9.17) is 4.98 Å². The molecule has 0 atom stereocenters. The van der Waals surface area contributed by atoms with Crippen molar-refractivity contribution in [1.82, 2.24) is 24.6 Å². The van der Waals surface area contributed by atoms with Gasteiger partial charge in [0, 0.05) is 76.8 Å². The van der Waals surface area contributed by atoms with Gasteiger partial charge in [-0.3, -0.25) is 14.5 Å². The van der Waals surface area contributed by atoms with Gasteiger partial charge in [0.25, 0.3) is 0 Å². The lowest BCUT2D eigenvalue weighted by Crippen LogP contribution is -2.50. The Morgan fingerprint density at radius 3 is 2.42 bits per heavy atom. The lowest BCUT2D eigenvalue weighted by atomic mass is 10.1. The quantitative estimate of drug-likeness (QED) is 0.708. The van der Waals surface area contributed by atoms with E-state index in [9.17, 15) is 9.59 Å². The molecule has 0 bridgehead atoms. The Hall–Kier alpha value is -2.29. The number of hydrogen-bond acceptors (Lipinski definition) is 6. The second-order valence-electron chi connectivity index (χ2n) is 8.49. The molecule has 0 unspecified atom stereocenters. The third-order valence-electron chi connectivity index (χ3n) is 6.14. The Balaban J connectivity index is 1.34. The Bertz CT molecular complexity index is 914. The van der Waals surface area contributed by atoms with Gasteiger partial charge in [-0.1, -0.05) is 18.2 Å². The Kier molecular flexibility index (Phi) is 6.99. The SMILES string of the molecule is CC(=O)N1CCN(C(=O)Cc2csc(-c3cccc(CN4CCN(C)CC4)c3)n2)CC1. The fourth-order valence-electron chi connectivity index (χ4n) is 4.13. The summed E-state index contributed by atoms with van der Waals surface area (Å²) in [5.41, 5.74) is 3.24. The predicted molar refractivity (Wildman–Crippen MR) is 123 cm³/mol. The first-order chi connectivity index (χ1) is 15.0. The molecule has 2 aliphatic rings. The largest absolute Gasteiger partial charge is 0.339 e. The Labute approximate surface area is 188 Å². The van der Waals surface area contributed by atoms with Crippen molar-refractivity contribution in [3.8, 4) is 10.6 Å². The number of hydrogen-bond donors (Lipinski definition) is 0. The summed E-state index contributed by atoms with van der Waals surface area (Å²) >= 11 is 1.60. The van der Waals surface area contributed by atoms with E-state index < -0.39 is 0 Å². The number of benzene rings is 1. The van der Waals surface area contributed by atoms with Crippen LogP contribution in [0, 0.1) is 0 Å². The van der Waals surface area contributed by atoms with Gasteiger partial charge in [0.05, 0.1) is 12.1 Å². The van der Waals surface area contributed by atoms with Crippen LogP contribution in [0.2, 0.25) is 0 Å². The molecule has 0 radical (unpaired) electrons. The summed E-state index contributed by atoms with van der Waals surface area (Å²) in [5.74, 6) is 0.162. The molecule has 0 N–H and O–H groups in total. The first-order valence-corrected chi connectivity index (χ1v) is 11.8. The number of carbonyl (C=O) groups excluding carboxylic acids is 2. The van der Waals surface area contributed by atoms with Crippen LogP contribution >= 0.6 is 11.3 Å².